The molecule has 92 valence electrons. The van der Waals surface area contributed by atoms with Crippen molar-refractivity contribution >= 4 is 0 Å². The first kappa shape index (κ1) is 11.1. The first-order chi connectivity index (χ1) is 7.33. The van der Waals surface area contributed by atoms with E-state index in [2.05, 4.69) is 27.7 Å². The van der Waals surface area contributed by atoms with Gasteiger partial charge in [-0.2, -0.15) is 0 Å². The van der Waals surface area contributed by atoms with E-state index in [0.717, 1.165) is 24.2 Å². The van der Waals surface area contributed by atoms with Gasteiger partial charge in [-0.25, -0.2) is 0 Å². The minimum absolute atomic E-state index is 0.136. The van der Waals surface area contributed by atoms with Crippen molar-refractivity contribution < 1.29 is 5.11 Å². The number of hydrogen-bond donors (Lipinski definition) is 1. The average molecular weight is 222 g/mol. The zero-order valence-electron chi connectivity index (χ0n) is 11.2. The molecule has 0 spiro atoms. The lowest BCUT2D eigenvalue weighted by molar-refractivity contribution is -0.291. The van der Waals surface area contributed by atoms with Gasteiger partial charge in [-0.15, -0.1) is 0 Å². The van der Waals surface area contributed by atoms with Crippen LogP contribution in [0.5, 0.6) is 0 Å². The normalized spacial score (nSPS) is 58.7. The summed E-state index contributed by atoms with van der Waals surface area (Å²) in [5.41, 5.74) is -0.0576. The Labute approximate surface area is 99.6 Å². The van der Waals surface area contributed by atoms with Crippen molar-refractivity contribution in [3.63, 3.8) is 0 Å². The van der Waals surface area contributed by atoms with Crippen LogP contribution in [0.4, 0.5) is 0 Å². The van der Waals surface area contributed by atoms with Crippen LogP contribution in [0, 0.1) is 28.6 Å². The van der Waals surface area contributed by atoms with E-state index in [1.165, 1.54) is 25.7 Å². The second-order valence-corrected chi connectivity index (χ2v) is 7.59. The lowest BCUT2D eigenvalue weighted by atomic mass is 9.35. The van der Waals surface area contributed by atoms with Gasteiger partial charge in [0.1, 0.15) is 0 Å². The van der Waals surface area contributed by atoms with Crippen molar-refractivity contribution in [1.82, 2.24) is 0 Å². The molecule has 4 aliphatic carbocycles. The van der Waals surface area contributed by atoms with Crippen LogP contribution in [0.3, 0.4) is 0 Å². The summed E-state index contributed by atoms with van der Waals surface area (Å²) in [7, 11) is 0. The average Bonchev–Trinajstić information content (AvgIpc) is 2.22. The van der Waals surface area contributed by atoms with Gasteiger partial charge >= 0.3 is 0 Å². The van der Waals surface area contributed by atoms with Crippen molar-refractivity contribution in [2.45, 2.75) is 65.4 Å². The Kier molecular flexibility index (Phi) is 1.98. The van der Waals surface area contributed by atoms with Crippen LogP contribution in [-0.2, 0) is 0 Å². The molecule has 0 unspecified atom stereocenters. The molecule has 5 atom stereocenters. The van der Waals surface area contributed by atoms with Gasteiger partial charge in [-0.3, -0.25) is 0 Å². The van der Waals surface area contributed by atoms with Gasteiger partial charge in [-0.1, -0.05) is 27.7 Å². The van der Waals surface area contributed by atoms with Gasteiger partial charge in [0.15, 0.2) is 0 Å². The number of rotatable bonds is 0. The van der Waals surface area contributed by atoms with Gasteiger partial charge in [0, 0.05) is 0 Å². The van der Waals surface area contributed by atoms with E-state index < -0.39 is 5.60 Å². The molecule has 4 rings (SSSR count). The molecule has 4 bridgehead atoms. The van der Waals surface area contributed by atoms with Crippen LogP contribution in [0.2, 0.25) is 0 Å². The van der Waals surface area contributed by atoms with E-state index in [4.69, 9.17) is 0 Å². The first-order valence-corrected chi connectivity index (χ1v) is 7.05. The van der Waals surface area contributed by atoms with E-state index >= 15 is 0 Å². The molecule has 16 heavy (non-hydrogen) atoms. The highest BCUT2D eigenvalue weighted by Crippen LogP contribution is 2.71. The fourth-order valence-corrected chi connectivity index (χ4v) is 5.69. The third kappa shape index (κ3) is 0.939. The summed E-state index contributed by atoms with van der Waals surface area (Å²) < 4.78 is 0. The van der Waals surface area contributed by atoms with Gasteiger partial charge in [0.2, 0.25) is 0 Å². The Balaban J connectivity index is 2.13. The summed E-state index contributed by atoms with van der Waals surface area (Å²) in [5, 5.41) is 11.3. The molecule has 0 aromatic heterocycles. The Morgan fingerprint density at radius 2 is 1.75 bits per heavy atom. The Hall–Kier alpha value is -0.0400. The molecular weight excluding hydrogens is 196 g/mol. The molecule has 4 aliphatic rings. The van der Waals surface area contributed by atoms with E-state index in [-0.39, 0.29) is 10.8 Å². The predicted molar refractivity (Wildman–Crippen MR) is 66.1 cm³/mol. The summed E-state index contributed by atoms with van der Waals surface area (Å²) >= 11 is 0. The molecule has 0 aromatic carbocycles. The molecule has 0 saturated heterocycles. The summed E-state index contributed by atoms with van der Waals surface area (Å²) in [4.78, 5) is 0. The molecule has 0 aliphatic heterocycles. The van der Waals surface area contributed by atoms with Gasteiger partial charge in [0.25, 0.3) is 0 Å². The second kappa shape index (κ2) is 2.85. The molecule has 4 saturated carbocycles. The Bertz CT molecular complexity index is 321. The highest BCUT2D eigenvalue weighted by molar-refractivity contribution is 5.19. The first-order valence-electron chi connectivity index (χ1n) is 7.05. The Morgan fingerprint density at radius 3 is 2.44 bits per heavy atom. The molecule has 1 nitrogen and oxygen atoms in total. The maximum atomic E-state index is 11.3. The maximum Gasteiger partial charge on any atom is 0.0757 e. The SMILES string of the molecule is C[C@H]1CC[C@@]2(O)C(C)(C)[C@@H]3CC[C@@]2(C)[C@@H]1C3. The van der Waals surface area contributed by atoms with Crippen molar-refractivity contribution in [3.8, 4) is 0 Å². The molecule has 0 heterocycles. The fraction of sp³-hybridized carbons (Fsp3) is 1.00. The van der Waals surface area contributed by atoms with Crippen LogP contribution in [-0.4, -0.2) is 10.7 Å². The van der Waals surface area contributed by atoms with E-state index in [1.54, 1.807) is 0 Å². The van der Waals surface area contributed by atoms with Crippen LogP contribution in [0.1, 0.15) is 59.8 Å². The van der Waals surface area contributed by atoms with Crippen molar-refractivity contribution in [2.24, 2.45) is 28.6 Å². The van der Waals surface area contributed by atoms with Gasteiger partial charge in [-0.05, 0) is 60.7 Å². The van der Waals surface area contributed by atoms with Crippen LogP contribution in [0.25, 0.3) is 0 Å². The standard InChI is InChI=1S/C15H26O/c1-10-5-8-15(16)13(2,3)11-6-7-14(15,4)12(10)9-11/h10-12,16H,5-9H2,1-4H3/t10-,11+,12+,14-,15+/m0/s1. The minimum Gasteiger partial charge on any atom is -0.389 e. The highest BCUT2D eigenvalue weighted by Gasteiger charge is 2.69. The zero-order chi connectivity index (χ0) is 11.8. The molecule has 0 aromatic rings. The quantitative estimate of drug-likeness (QED) is 0.664. The van der Waals surface area contributed by atoms with Crippen LogP contribution in [0.15, 0.2) is 0 Å². The molecule has 1 N–H and O–H groups in total. The third-order valence-electron chi connectivity index (χ3n) is 7.05. The third-order valence-corrected chi connectivity index (χ3v) is 7.05. The molecule has 0 amide bonds. The van der Waals surface area contributed by atoms with Crippen molar-refractivity contribution in [1.29, 1.82) is 0 Å². The minimum atomic E-state index is -0.391. The van der Waals surface area contributed by atoms with Crippen molar-refractivity contribution in [2.75, 3.05) is 0 Å². The van der Waals surface area contributed by atoms with E-state index in [1.807, 2.05) is 0 Å². The number of hydrogen-bond acceptors (Lipinski definition) is 1. The van der Waals surface area contributed by atoms with Crippen LogP contribution >= 0.6 is 0 Å². The molecule has 4 fully saturated rings. The summed E-state index contributed by atoms with van der Waals surface area (Å²) in [6.45, 7) is 9.43. The zero-order valence-corrected chi connectivity index (χ0v) is 11.2. The lowest BCUT2D eigenvalue weighted by Crippen LogP contribution is -2.71. The van der Waals surface area contributed by atoms with E-state index in [9.17, 15) is 5.11 Å². The van der Waals surface area contributed by atoms with Gasteiger partial charge < -0.3 is 5.11 Å². The topological polar surface area (TPSA) is 20.2 Å². The number of aliphatic hydroxyl groups is 1. The lowest BCUT2D eigenvalue weighted by Gasteiger charge is -2.71. The molecular formula is C15H26O. The maximum absolute atomic E-state index is 11.3. The largest absolute Gasteiger partial charge is 0.389 e. The predicted octanol–water partition coefficient (Wildman–Crippen LogP) is 3.61. The van der Waals surface area contributed by atoms with Gasteiger partial charge in [0.05, 0.1) is 5.60 Å². The monoisotopic (exact) mass is 222 g/mol. The summed E-state index contributed by atoms with van der Waals surface area (Å²) in [5.74, 6) is 2.36. The van der Waals surface area contributed by atoms with Crippen molar-refractivity contribution in [3.05, 3.63) is 0 Å². The smallest absolute Gasteiger partial charge is 0.0757 e. The summed E-state index contributed by atoms with van der Waals surface area (Å²) in [6.07, 6.45) is 6.23. The van der Waals surface area contributed by atoms with E-state index in [0.29, 0.717) is 0 Å². The second-order valence-electron chi connectivity index (χ2n) is 7.59. The van der Waals surface area contributed by atoms with Crippen LogP contribution < -0.4 is 0 Å². The highest BCUT2D eigenvalue weighted by atomic mass is 16.3. The molecule has 1 heteroatoms. The Morgan fingerprint density at radius 1 is 1.06 bits per heavy atom. The fourth-order valence-electron chi connectivity index (χ4n) is 5.69. The molecule has 0 radical (unpaired) electrons. The summed E-state index contributed by atoms with van der Waals surface area (Å²) in [6, 6.07) is 0. The number of fused-ring (bicyclic) bond motifs is 1.